The summed E-state index contributed by atoms with van der Waals surface area (Å²) in [6, 6.07) is 9.53. The maximum Gasteiger partial charge on any atom is 0.0342 e. The van der Waals surface area contributed by atoms with Crippen LogP contribution in [-0.4, -0.2) is 6.04 Å². The Kier molecular flexibility index (Phi) is 1.79. The summed E-state index contributed by atoms with van der Waals surface area (Å²) in [4.78, 5) is 0. The molecule has 0 aromatic heterocycles. The van der Waals surface area contributed by atoms with Gasteiger partial charge in [-0.3, -0.25) is 0 Å². The molecule has 3 rings (SSSR count). The molecule has 0 aliphatic heterocycles. The van der Waals surface area contributed by atoms with Gasteiger partial charge in [0.2, 0.25) is 0 Å². The van der Waals surface area contributed by atoms with Crippen LogP contribution < -0.4 is 5.32 Å². The number of hydrogen-bond donors (Lipinski definition) is 1. The third-order valence-corrected chi connectivity index (χ3v) is 3.75. The molecule has 14 heavy (non-hydrogen) atoms. The zero-order chi connectivity index (χ0) is 9.54. The predicted octanol–water partition coefficient (Wildman–Crippen LogP) is 3.21. The molecule has 2 aliphatic carbocycles. The highest BCUT2D eigenvalue weighted by Crippen LogP contribution is 2.52. The Morgan fingerprint density at radius 3 is 2.50 bits per heavy atom. The Morgan fingerprint density at radius 1 is 1.14 bits per heavy atom. The number of nitrogens with one attached hydrogen (secondary N) is 1. The van der Waals surface area contributed by atoms with Crippen LogP contribution in [0.15, 0.2) is 24.3 Å². The molecule has 0 heterocycles. The van der Waals surface area contributed by atoms with Crippen LogP contribution in [0.25, 0.3) is 0 Å². The number of benzene rings is 1. The van der Waals surface area contributed by atoms with Crippen LogP contribution in [0.3, 0.4) is 0 Å². The van der Waals surface area contributed by atoms with E-state index in [0.717, 1.165) is 17.9 Å². The first-order valence-electron chi connectivity index (χ1n) is 5.66. The topological polar surface area (TPSA) is 12.0 Å². The van der Waals surface area contributed by atoms with Crippen molar-refractivity contribution in [3.63, 3.8) is 0 Å². The third-order valence-electron chi connectivity index (χ3n) is 3.75. The minimum absolute atomic E-state index is 0.766. The van der Waals surface area contributed by atoms with Gasteiger partial charge in [0.25, 0.3) is 0 Å². The van der Waals surface area contributed by atoms with E-state index in [4.69, 9.17) is 0 Å². The summed E-state index contributed by atoms with van der Waals surface area (Å²) in [6.45, 7) is 2.14. The standard InChI is InChI=1S/C13H17N/c1-9-2-5-11(6-3-9)14-13-7-4-10-8-12(10)13/h2-3,5-6,10,12-14H,4,7-8H2,1H3. The van der Waals surface area contributed by atoms with Crippen molar-refractivity contribution < 1.29 is 0 Å². The molecule has 3 atom stereocenters. The Labute approximate surface area is 85.5 Å². The zero-order valence-electron chi connectivity index (χ0n) is 8.66. The molecule has 2 aliphatic rings. The van der Waals surface area contributed by atoms with Gasteiger partial charge in [0.05, 0.1) is 0 Å². The van der Waals surface area contributed by atoms with Gasteiger partial charge < -0.3 is 5.32 Å². The molecule has 0 bridgehead atoms. The molecule has 0 saturated heterocycles. The lowest BCUT2D eigenvalue weighted by Gasteiger charge is -2.15. The number of anilines is 1. The minimum atomic E-state index is 0.766. The fourth-order valence-corrected chi connectivity index (χ4v) is 2.75. The summed E-state index contributed by atoms with van der Waals surface area (Å²) in [5.74, 6) is 2.06. The molecule has 1 heteroatoms. The van der Waals surface area contributed by atoms with Gasteiger partial charge in [-0.15, -0.1) is 0 Å². The van der Waals surface area contributed by atoms with Crippen molar-refractivity contribution in [2.75, 3.05) is 5.32 Å². The fourth-order valence-electron chi connectivity index (χ4n) is 2.75. The maximum atomic E-state index is 3.66. The Bertz CT molecular complexity index is 328. The van der Waals surface area contributed by atoms with Crippen LogP contribution >= 0.6 is 0 Å². The molecule has 2 saturated carbocycles. The molecule has 0 radical (unpaired) electrons. The lowest BCUT2D eigenvalue weighted by Crippen LogP contribution is -2.18. The average Bonchev–Trinajstić information content (AvgIpc) is 2.88. The van der Waals surface area contributed by atoms with Gasteiger partial charge in [-0.2, -0.15) is 0 Å². The van der Waals surface area contributed by atoms with Gasteiger partial charge in [-0.25, -0.2) is 0 Å². The van der Waals surface area contributed by atoms with E-state index in [9.17, 15) is 0 Å². The molecule has 1 N–H and O–H groups in total. The highest BCUT2D eigenvalue weighted by molar-refractivity contribution is 5.46. The quantitative estimate of drug-likeness (QED) is 0.749. The van der Waals surface area contributed by atoms with Crippen molar-refractivity contribution in [1.29, 1.82) is 0 Å². The fraction of sp³-hybridized carbons (Fsp3) is 0.538. The number of hydrogen-bond acceptors (Lipinski definition) is 1. The second-order valence-corrected chi connectivity index (χ2v) is 4.85. The summed E-state index contributed by atoms with van der Waals surface area (Å²) < 4.78 is 0. The normalized spacial score (nSPS) is 33.9. The molecule has 1 aromatic rings. The lowest BCUT2D eigenvalue weighted by molar-refractivity contribution is 0.654. The van der Waals surface area contributed by atoms with E-state index >= 15 is 0 Å². The highest BCUT2D eigenvalue weighted by atomic mass is 15.0. The van der Waals surface area contributed by atoms with E-state index < -0.39 is 0 Å². The van der Waals surface area contributed by atoms with Crippen LogP contribution in [0.5, 0.6) is 0 Å². The monoisotopic (exact) mass is 187 g/mol. The Hall–Kier alpha value is -0.980. The smallest absolute Gasteiger partial charge is 0.0342 e. The summed E-state index contributed by atoms with van der Waals surface area (Å²) in [7, 11) is 0. The maximum absolute atomic E-state index is 3.66. The van der Waals surface area contributed by atoms with E-state index in [1.54, 1.807) is 0 Å². The number of fused-ring (bicyclic) bond motifs is 1. The van der Waals surface area contributed by atoms with Crippen molar-refractivity contribution in [2.45, 2.75) is 32.2 Å². The van der Waals surface area contributed by atoms with E-state index in [0.29, 0.717) is 0 Å². The second kappa shape index (κ2) is 3.01. The van der Waals surface area contributed by atoms with Crippen molar-refractivity contribution in [3.05, 3.63) is 29.8 Å². The third kappa shape index (κ3) is 1.41. The van der Waals surface area contributed by atoms with Gasteiger partial charge >= 0.3 is 0 Å². The summed E-state index contributed by atoms with van der Waals surface area (Å²) in [5, 5.41) is 3.66. The van der Waals surface area contributed by atoms with Crippen molar-refractivity contribution in [3.8, 4) is 0 Å². The van der Waals surface area contributed by atoms with E-state index in [1.807, 2.05) is 0 Å². The van der Waals surface area contributed by atoms with E-state index in [-0.39, 0.29) is 0 Å². The molecule has 74 valence electrons. The lowest BCUT2D eigenvalue weighted by atomic mass is 10.1. The van der Waals surface area contributed by atoms with Gasteiger partial charge in [0, 0.05) is 11.7 Å². The molecule has 2 fully saturated rings. The van der Waals surface area contributed by atoms with E-state index in [1.165, 1.54) is 30.5 Å². The number of aryl methyl sites for hydroxylation is 1. The molecule has 1 nitrogen and oxygen atoms in total. The minimum Gasteiger partial charge on any atom is -0.382 e. The first-order valence-corrected chi connectivity index (χ1v) is 5.66. The second-order valence-electron chi connectivity index (χ2n) is 4.85. The van der Waals surface area contributed by atoms with Crippen molar-refractivity contribution in [2.24, 2.45) is 11.8 Å². The molecule has 0 amide bonds. The van der Waals surface area contributed by atoms with Gasteiger partial charge in [-0.05, 0) is 50.2 Å². The van der Waals surface area contributed by atoms with Gasteiger partial charge in [0.15, 0.2) is 0 Å². The Balaban J connectivity index is 1.69. The van der Waals surface area contributed by atoms with Gasteiger partial charge in [0.1, 0.15) is 0 Å². The largest absolute Gasteiger partial charge is 0.382 e. The Morgan fingerprint density at radius 2 is 1.93 bits per heavy atom. The molecule has 3 unspecified atom stereocenters. The van der Waals surface area contributed by atoms with Crippen LogP contribution in [0.2, 0.25) is 0 Å². The predicted molar refractivity (Wildman–Crippen MR) is 59.4 cm³/mol. The molecular formula is C13H17N. The molecule has 1 aromatic carbocycles. The molecular weight excluding hydrogens is 170 g/mol. The van der Waals surface area contributed by atoms with Crippen LogP contribution in [0.1, 0.15) is 24.8 Å². The van der Waals surface area contributed by atoms with E-state index in [2.05, 4.69) is 36.5 Å². The van der Waals surface area contributed by atoms with Crippen LogP contribution in [0.4, 0.5) is 5.69 Å². The van der Waals surface area contributed by atoms with Crippen molar-refractivity contribution >= 4 is 5.69 Å². The van der Waals surface area contributed by atoms with Gasteiger partial charge in [-0.1, -0.05) is 17.7 Å². The van der Waals surface area contributed by atoms with Crippen molar-refractivity contribution in [1.82, 2.24) is 0 Å². The first kappa shape index (κ1) is 8.34. The first-order chi connectivity index (χ1) is 6.83. The average molecular weight is 187 g/mol. The zero-order valence-corrected chi connectivity index (χ0v) is 8.66. The van der Waals surface area contributed by atoms with Crippen LogP contribution in [0, 0.1) is 18.8 Å². The highest BCUT2D eigenvalue weighted by Gasteiger charge is 2.47. The number of rotatable bonds is 2. The SMILES string of the molecule is Cc1ccc(NC2CCC3CC32)cc1. The summed E-state index contributed by atoms with van der Waals surface area (Å²) in [5.41, 5.74) is 2.64. The van der Waals surface area contributed by atoms with Crippen LogP contribution in [-0.2, 0) is 0 Å². The summed E-state index contributed by atoms with van der Waals surface area (Å²) in [6.07, 6.45) is 4.31. The summed E-state index contributed by atoms with van der Waals surface area (Å²) >= 11 is 0. The molecule has 0 spiro atoms.